The third-order valence-electron chi connectivity index (χ3n) is 2.73. The molecule has 11 heavy (non-hydrogen) atoms. The molecule has 1 spiro atoms. The summed E-state index contributed by atoms with van der Waals surface area (Å²) >= 11 is 2.05. The summed E-state index contributed by atoms with van der Waals surface area (Å²) in [5, 5.41) is 0. The van der Waals surface area contributed by atoms with Gasteiger partial charge in [0.1, 0.15) is 4.93 Å². The van der Waals surface area contributed by atoms with Crippen molar-refractivity contribution in [2.24, 2.45) is 5.92 Å². The van der Waals surface area contributed by atoms with Gasteiger partial charge >= 0.3 is 0 Å². The van der Waals surface area contributed by atoms with E-state index in [4.69, 9.17) is 4.74 Å². The van der Waals surface area contributed by atoms with Crippen molar-refractivity contribution in [1.29, 1.82) is 0 Å². The summed E-state index contributed by atoms with van der Waals surface area (Å²) in [5.74, 6) is 2.10. The Balaban J connectivity index is 2.00. The van der Waals surface area contributed by atoms with E-state index in [1.54, 1.807) is 0 Å². The molecule has 1 aliphatic heterocycles. The van der Waals surface area contributed by atoms with Gasteiger partial charge in [-0.25, -0.2) is 0 Å². The minimum atomic E-state index is 0.262. The van der Waals surface area contributed by atoms with Crippen LogP contribution in [0.5, 0.6) is 0 Å². The zero-order valence-electron chi connectivity index (χ0n) is 7.14. The number of hydrogen-bond donors (Lipinski definition) is 0. The molecule has 2 unspecified atom stereocenters. The Morgan fingerprint density at radius 3 is 3.09 bits per heavy atom. The number of hydrogen-bond acceptors (Lipinski definition) is 2. The average molecular weight is 172 g/mol. The predicted octanol–water partition coefficient (Wildman–Crippen LogP) is 2.66. The zero-order chi connectivity index (χ0) is 7.73. The van der Waals surface area contributed by atoms with Crippen LogP contribution in [0.25, 0.3) is 0 Å². The highest BCUT2D eigenvalue weighted by Gasteiger charge is 2.39. The monoisotopic (exact) mass is 172 g/mol. The van der Waals surface area contributed by atoms with E-state index in [9.17, 15) is 0 Å². The van der Waals surface area contributed by atoms with Gasteiger partial charge in [-0.1, -0.05) is 13.3 Å². The first kappa shape index (κ1) is 7.93. The van der Waals surface area contributed by atoms with E-state index in [0.717, 1.165) is 12.5 Å². The molecule has 0 aromatic heterocycles. The zero-order valence-corrected chi connectivity index (χ0v) is 7.95. The highest BCUT2D eigenvalue weighted by atomic mass is 32.2. The summed E-state index contributed by atoms with van der Waals surface area (Å²) in [6.07, 6.45) is 5.36. The summed E-state index contributed by atoms with van der Waals surface area (Å²) in [7, 11) is 0. The maximum absolute atomic E-state index is 5.81. The molecule has 2 fully saturated rings. The Morgan fingerprint density at radius 1 is 1.55 bits per heavy atom. The van der Waals surface area contributed by atoms with Crippen LogP contribution < -0.4 is 0 Å². The summed E-state index contributed by atoms with van der Waals surface area (Å²) in [6.45, 7) is 3.33. The maximum Gasteiger partial charge on any atom is 0.114 e. The van der Waals surface area contributed by atoms with E-state index < -0.39 is 0 Å². The maximum atomic E-state index is 5.81. The van der Waals surface area contributed by atoms with Gasteiger partial charge in [0.25, 0.3) is 0 Å². The van der Waals surface area contributed by atoms with Crippen molar-refractivity contribution in [3.8, 4) is 0 Å². The van der Waals surface area contributed by atoms with Gasteiger partial charge in [-0.05, 0) is 25.2 Å². The van der Waals surface area contributed by atoms with Crippen molar-refractivity contribution in [1.82, 2.24) is 0 Å². The normalized spacial score (nSPS) is 45.0. The van der Waals surface area contributed by atoms with Gasteiger partial charge in [0.2, 0.25) is 0 Å². The molecule has 0 bridgehead atoms. The summed E-state index contributed by atoms with van der Waals surface area (Å²) in [6, 6.07) is 0. The van der Waals surface area contributed by atoms with Crippen molar-refractivity contribution in [3.63, 3.8) is 0 Å². The lowest BCUT2D eigenvalue weighted by Gasteiger charge is -2.34. The van der Waals surface area contributed by atoms with Crippen LogP contribution in [-0.2, 0) is 4.74 Å². The molecular weight excluding hydrogens is 156 g/mol. The molecule has 0 aromatic carbocycles. The van der Waals surface area contributed by atoms with Gasteiger partial charge in [0, 0.05) is 5.75 Å². The van der Waals surface area contributed by atoms with Gasteiger partial charge < -0.3 is 4.74 Å². The molecule has 0 aromatic rings. The smallest absolute Gasteiger partial charge is 0.114 e. The van der Waals surface area contributed by atoms with Crippen LogP contribution in [0.1, 0.15) is 32.6 Å². The third-order valence-corrected chi connectivity index (χ3v) is 4.11. The third kappa shape index (κ3) is 1.57. The van der Waals surface area contributed by atoms with Crippen molar-refractivity contribution >= 4 is 11.8 Å². The molecule has 2 aliphatic rings. The highest BCUT2D eigenvalue weighted by Crippen LogP contribution is 2.46. The van der Waals surface area contributed by atoms with Crippen molar-refractivity contribution in [2.75, 3.05) is 12.4 Å². The summed E-state index contributed by atoms with van der Waals surface area (Å²) in [5.41, 5.74) is 0. The number of thioether (sulfide) groups is 1. The second kappa shape index (κ2) is 2.98. The van der Waals surface area contributed by atoms with Crippen LogP contribution in [0.3, 0.4) is 0 Å². The van der Waals surface area contributed by atoms with Gasteiger partial charge in [-0.15, -0.1) is 11.8 Å². The van der Waals surface area contributed by atoms with Crippen molar-refractivity contribution in [3.05, 3.63) is 0 Å². The van der Waals surface area contributed by atoms with Crippen LogP contribution in [0.15, 0.2) is 0 Å². The number of rotatable bonds is 0. The van der Waals surface area contributed by atoms with E-state index in [2.05, 4.69) is 6.92 Å². The van der Waals surface area contributed by atoms with Gasteiger partial charge in [-0.3, -0.25) is 0 Å². The minimum Gasteiger partial charge on any atom is -0.363 e. The standard InChI is InChI=1S/C9H16OS/c1-8-3-2-4-9(7-8)10-5-6-11-9/h8H,2-7H2,1H3. The molecule has 0 N–H and O–H groups in total. The molecule has 1 heterocycles. The lowest BCUT2D eigenvalue weighted by Crippen LogP contribution is -2.30. The van der Waals surface area contributed by atoms with Gasteiger partial charge in [0.05, 0.1) is 6.61 Å². The van der Waals surface area contributed by atoms with E-state index in [0.29, 0.717) is 0 Å². The Hall–Kier alpha value is 0.310. The first-order chi connectivity index (χ1) is 5.31. The largest absolute Gasteiger partial charge is 0.363 e. The Bertz CT molecular complexity index is 140. The fourth-order valence-corrected chi connectivity index (χ4v) is 3.61. The molecule has 2 atom stereocenters. The Kier molecular flexibility index (Phi) is 2.15. The van der Waals surface area contributed by atoms with Crippen LogP contribution in [0.4, 0.5) is 0 Å². The van der Waals surface area contributed by atoms with Gasteiger partial charge in [0.15, 0.2) is 0 Å². The van der Waals surface area contributed by atoms with Crippen molar-refractivity contribution < 1.29 is 4.74 Å². The first-order valence-corrected chi connectivity index (χ1v) is 5.57. The molecule has 64 valence electrons. The van der Waals surface area contributed by atoms with Crippen LogP contribution >= 0.6 is 11.8 Å². The molecule has 2 rings (SSSR count). The fraction of sp³-hybridized carbons (Fsp3) is 1.00. The van der Waals surface area contributed by atoms with E-state index >= 15 is 0 Å². The SMILES string of the molecule is CC1CCCC2(C1)OCCS2. The molecule has 2 heteroatoms. The Labute approximate surface area is 72.9 Å². The lowest BCUT2D eigenvalue weighted by molar-refractivity contribution is 0.00995. The molecular formula is C9H16OS. The van der Waals surface area contributed by atoms with Crippen LogP contribution in [0, 0.1) is 5.92 Å². The number of ether oxygens (including phenoxy) is 1. The van der Waals surface area contributed by atoms with E-state index in [1.807, 2.05) is 11.8 Å². The van der Waals surface area contributed by atoms with Gasteiger partial charge in [-0.2, -0.15) is 0 Å². The quantitative estimate of drug-likeness (QED) is 0.555. The second-order valence-corrected chi connectivity index (χ2v) is 5.25. The molecule has 1 nitrogen and oxygen atoms in total. The van der Waals surface area contributed by atoms with E-state index in [1.165, 1.54) is 31.4 Å². The first-order valence-electron chi connectivity index (χ1n) is 4.59. The molecule has 1 saturated carbocycles. The lowest BCUT2D eigenvalue weighted by atomic mass is 9.88. The molecule has 1 aliphatic carbocycles. The van der Waals surface area contributed by atoms with Crippen LogP contribution in [-0.4, -0.2) is 17.3 Å². The molecule has 1 saturated heterocycles. The minimum absolute atomic E-state index is 0.262. The van der Waals surface area contributed by atoms with Crippen molar-refractivity contribution in [2.45, 2.75) is 37.5 Å². The average Bonchev–Trinajstić information content (AvgIpc) is 2.37. The second-order valence-electron chi connectivity index (χ2n) is 3.81. The molecule has 0 amide bonds. The van der Waals surface area contributed by atoms with Crippen LogP contribution in [0.2, 0.25) is 0 Å². The summed E-state index contributed by atoms with van der Waals surface area (Å²) in [4.78, 5) is 0.262. The summed E-state index contributed by atoms with van der Waals surface area (Å²) < 4.78 is 5.81. The predicted molar refractivity (Wildman–Crippen MR) is 48.8 cm³/mol. The molecule has 0 radical (unpaired) electrons. The fourth-order valence-electron chi connectivity index (χ4n) is 2.21. The highest BCUT2D eigenvalue weighted by molar-refractivity contribution is 8.00. The topological polar surface area (TPSA) is 9.23 Å². The Morgan fingerprint density at radius 2 is 2.45 bits per heavy atom. The van der Waals surface area contributed by atoms with E-state index in [-0.39, 0.29) is 4.93 Å².